The monoisotopic (exact) mass is 1150 g/mol. The normalized spacial score (nSPS) is 17.7. The van der Waals surface area contributed by atoms with E-state index in [-0.39, 0.29) is 100 Å². The molecule has 3 aliphatic rings. The topological polar surface area (TPSA) is 277 Å². The standard InChI is InChI=1S/C59H73F3N10O11/c1-36(2)52(68-49(74)14-8-5-9-26-71-50(75)21-22-51(71)76)56(78)67-47(13-10-25-64-58(63)80)55(77)65-43-18-15-39(16-19-43)35-83-59(81)70-31-41(46(62)33-70)32-72(57(79)37(3)73)53(40-23-27-82-28-24-40)54-66-48(44-29-42(60)17-20-45(44)61)34-69(54)30-38-11-6-4-7-12-38/h4,6-7,11-12,15-22,29,34,36-37,40-41,46-47,52-53,73H,5,8-10,13-14,23-28,30-33,35H2,1-3H3,(H,65,77)(H,67,78)(H,68,74)(H3,63,64,80)/t37-,41+,46+,47-,52-,53+/m0/s1. The van der Waals surface area contributed by atoms with E-state index in [4.69, 9.17) is 20.2 Å². The lowest BCUT2D eigenvalue weighted by atomic mass is 9.88. The third-order valence-corrected chi connectivity index (χ3v) is 14.8. The molecular weight excluding hydrogens is 1080 g/mol. The molecule has 4 heterocycles. The number of hydrogen-bond donors (Lipinski definition) is 6. The Bertz CT molecular complexity index is 2940. The molecule has 21 nitrogen and oxygen atoms in total. The van der Waals surface area contributed by atoms with Crippen LogP contribution >= 0.6 is 0 Å². The molecule has 0 radical (unpaired) electrons. The molecular formula is C59H73F3N10O11. The maximum absolute atomic E-state index is 16.3. The SMILES string of the molecule is CC(C)[C@H](NC(=O)CCCCCN1C(=O)C=CC1=O)C(=O)N[C@@H](CCCNC(N)=O)C(=O)Nc1ccc(COC(=O)N2C[C@H](CN(C(=O)[C@H](C)O)[C@@H](c3nc(-c4cc(F)ccc4F)cn3Cc3ccccc3)C3CCOCC3)[C@H](F)C2)cc1. The van der Waals surface area contributed by atoms with Crippen LogP contribution in [0.15, 0.2) is 91.1 Å². The number of ether oxygens (including phenoxy) is 2. The number of hydrogen-bond acceptors (Lipinski definition) is 12. The molecule has 7 N–H and O–H groups in total. The Morgan fingerprint density at radius 2 is 1.58 bits per heavy atom. The Kier molecular flexibility index (Phi) is 22.4. The number of imidazole rings is 1. The van der Waals surface area contributed by atoms with Crippen molar-refractivity contribution in [1.29, 1.82) is 0 Å². The van der Waals surface area contributed by atoms with Crippen LogP contribution in [0.4, 0.5) is 28.4 Å². The molecule has 6 atom stereocenters. The Morgan fingerprint density at radius 1 is 0.867 bits per heavy atom. The number of imide groups is 1. The summed E-state index contributed by atoms with van der Waals surface area (Å²) in [5.74, 6) is -5.79. The van der Waals surface area contributed by atoms with Gasteiger partial charge in [-0.3, -0.25) is 33.7 Å². The lowest BCUT2D eigenvalue weighted by Gasteiger charge is -2.40. The molecule has 3 aromatic carbocycles. The van der Waals surface area contributed by atoms with Crippen molar-refractivity contribution in [3.63, 3.8) is 0 Å². The zero-order valence-corrected chi connectivity index (χ0v) is 46.8. The first-order valence-corrected chi connectivity index (χ1v) is 28.0. The quantitative estimate of drug-likeness (QED) is 0.0312. The van der Waals surface area contributed by atoms with Crippen molar-refractivity contribution < 1.29 is 66.1 Å². The molecule has 24 heteroatoms. The van der Waals surface area contributed by atoms with Gasteiger partial charge >= 0.3 is 12.1 Å². The van der Waals surface area contributed by atoms with E-state index in [0.29, 0.717) is 62.4 Å². The molecule has 83 heavy (non-hydrogen) atoms. The number of aromatic nitrogens is 2. The van der Waals surface area contributed by atoms with Gasteiger partial charge in [0.05, 0.1) is 18.3 Å². The van der Waals surface area contributed by atoms with Crippen LogP contribution in [0.2, 0.25) is 0 Å². The minimum absolute atomic E-state index is 0.0754. The third kappa shape index (κ3) is 17.5. The van der Waals surface area contributed by atoms with Crippen LogP contribution in [-0.4, -0.2) is 147 Å². The molecule has 4 aromatic rings. The highest BCUT2D eigenvalue weighted by molar-refractivity contribution is 6.12. The van der Waals surface area contributed by atoms with Gasteiger partial charge in [0.2, 0.25) is 17.7 Å². The number of likely N-dealkylation sites (tertiary alicyclic amines) is 1. The largest absolute Gasteiger partial charge is 0.445 e. The number of anilines is 1. The summed E-state index contributed by atoms with van der Waals surface area (Å²) >= 11 is 0. The first-order valence-electron chi connectivity index (χ1n) is 28.0. The van der Waals surface area contributed by atoms with Crippen LogP contribution in [0.1, 0.15) is 95.1 Å². The highest BCUT2D eigenvalue weighted by Crippen LogP contribution is 2.39. The van der Waals surface area contributed by atoms with Crippen LogP contribution in [0.25, 0.3) is 11.3 Å². The average molecular weight is 1160 g/mol. The lowest BCUT2D eigenvalue weighted by Crippen LogP contribution is -2.54. The number of benzene rings is 3. The molecule has 1 aromatic heterocycles. The molecule has 2 fully saturated rings. The van der Waals surface area contributed by atoms with E-state index in [1.54, 1.807) is 48.9 Å². The van der Waals surface area contributed by atoms with Crippen LogP contribution in [0.3, 0.4) is 0 Å². The van der Waals surface area contributed by atoms with E-state index in [2.05, 4.69) is 21.3 Å². The highest BCUT2D eigenvalue weighted by Gasteiger charge is 2.44. The number of carbonyl (C=O) groups excluding carboxylic acids is 8. The molecule has 0 saturated carbocycles. The van der Waals surface area contributed by atoms with Crippen LogP contribution in [0.5, 0.6) is 0 Å². The molecule has 2 saturated heterocycles. The zero-order valence-electron chi connectivity index (χ0n) is 46.8. The molecule has 7 rings (SSSR count). The molecule has 0 unspecified atom stereocenters. The lowest BCUT2D eigenvalue weighted by molar-refractivity contribution is -0.145. The van der Waals surface area contributed by atoms with Gasteiger partial charge in [-0.05, 0) is 98.7 Å². The Morgan fingerprint density at radius 3 is 2.25 bits per heavy atom. The number of nitrogens with two attached hydrogens (primary N) is 1. The van der Waals surface area contributed by atoms with Gasteiger partial charge < -0.3 is 55.9 Å². The van der Waals surface area contributed by atoms with Crippen molar-refractivity contribution in [3.8, 4) is 11.3 Å². The van der Waals surface area contributed by atoms with Gasteiger partial charge in [-0.15, -0.1) is 0 Å². The Hall–Kier alpha value is -8.12. The Balaban J connectivity index is 0.976. The van der Waals surface area contributed by atoms with E-state index in [1.807, 2.05) is 30.3 Å². The van der Waals surface area contributed by atoms with Crippen LogP contribution < -0.4 is 27.0 Å². The van der Waals surface area contributed by atoms with Gasteiger partial charge in [-0.1, -0.05) is 62.7 Å². The first kappa shape index (κ1) is 62.5. The number of urea groups is 1. The minimum Gasteiger partial charge on any atom is -0.445 e. The summed E-state index contributed by atoms with van der Waals surface area (Å²) in [4.78, 5) is 112. The number of aliphatic hydroxyl groups is 1. The van der Waals surface area contributed by atoms with Crippen molar-refractivity contribution in [2.75, 3.05) is 51.3 Å². The second-order valence-electron chi connectivity index (χ2n) is 21.5. The summed E-state index contributed by atoms with van der Waals surface area (Å²) in [6.45, 7) is 5.05. The fraction of sp³-hybridized carbons (Fsp3) is 0.475. The summed E-state index contributed by atoms with van der Waals surface area (Å²) in [7, 11) is 0. The fourth-order valence-corrected chi connectivity index (χ4v) is 10.4. The minimum atomic E-state index is -1.62. The molecule has 446 valence electrons. The molecule has 0 spiro atoms. The predicted molar refractivity (Wildman–Crippen MR) is 298 cm³/mol. The number of primary amides is 1. The fourth-order valence-electron chi connectivity index (χ4n) is 10.4. The molecule has 9 amide bonds. The van der Waals surface area contributed by atoms with Gasteiger partial charge in [0.1, 0.15) is 48.4 Å². The van der Waals surface area contributed by atoms with Crippen molar-refractivity contribution in [1.82, 2.24) is 40.2 Å². The number of amides is 9. The maximum Gasteiger partial charge on any atom is 0.410 e. The number of nitrogens with one attached hydrogen (secondary N) is 4. The summed E-state index contributed by atoms with van der Waals surface area (Å²) < 4.78 is 59.4. The van der Waals surface area contributed by atoms with Gasteiger partial charge in [0, 0.05) is 87.9 Å². The van der Waals surface area contributed by atoms with Crippen molar-refractivity contribution in [2.45, 2.75) is 116 Å². The van der Waals surface area contributed by atoms with E-state index in [1.165, 1.54) is 28.9 Å². The molecule has 3 aliphatic heterocycles. The van der Waals surface area contributed by atoms with Crippen molar-refractivity contribution in [3.05, 3.63) is 120 Å². The summed E-state index contributed by atoms with van der Waals surface area (Å²) in [6, 6.07) is 14.9. The van der Waals surface area contributed by atoms with Crippen LogP contribution in [0, 0.1) is 29.4 Å². The van der Waals surface area contributed by atoms with Gasteiger partial charge in [0.25, 0.3) is 17.7 Å². The number of carbonyl (C=O) groups is 8. The van der Waals surface area contributed by atoms with Gasteiger partial charge in [-0.2, -0.15) is 0 Å². The maximum atomic E-state index is 16.3. The van der Waals surface area contributed by atoms with Crippen LogP contribution in [-0.2, 0) is 51.4 Å². The summed E-state index contributed by atoms with van der Waals surface area (Å²) in [5, 5.41) is 21.6. The second kappa shape index (κ2) is 29.7. The van der Waals surface area contributed by atoms with Crippen molar-refractivity contribution in [2.24, 2.45) is 23.5 Å². The summed E-state index contributed by atoms with van der Waals surface area (Å²) in [5.41, 5.74) is 6.91. The van der Waals surface area contributed by atoms with E-state index in [9.17, 15) is 47.9 Å². The predicted octanol–water partition coefficient (Wildman–Crippen LogP) is 5.66. The second-order valence-corrected chi connectivity index (χ2v) is 21.5. The average Bonchev–Trinajstić information content (AvgIpc) is 3.55. The first-order chi connectivity index (χ1) is 39.8. The Labute approximate surface area is 479 Å². The van der Waals surface area contributed by atoms with Gasteiger partial charge in [0.15, 0.2) is 0 Å². The van der Waals surface area contributed by atoms with Gasteiger partial charge in [-0.25, -0.2) is 27.7 Å². The smallest absolute Gasteiger partial charge is 0.410 e. The molecule has 0 bridgehead atoms. The number of alkyl halides is 1. The summed E-state index contributed by atoms with van der Waals surface area (Å²) in [6.07, 6.45) is 2.85. The number of nitrogens with zero attached hydrogens (tertiary/aromatic N) is 5. The molecule has 0 aliphatic carbocycles. The number of aliphatic hydroxyl groups excluding tert-OH is 1. The highest BCUT2D eigenvalue weighted by atomic mass is 19.1. The zero-order chi connectivity index (χ0) is 59.7. The van der Waals surface area contributed by atoms with E-state index in [0.717, 1.165) is 28.7 Å². The number of halogens is 3. The van der Waals surface area contributed by atoms with E-state index < -0.39 is 83.7 Å². The number of unbranched alkanes of at least 4 members (excludes halogenated alkanes) is 2. The van der Waals surface area contributed by atoms with Crippen molar-refractivity contribution >= 4 is 53.3 Å². The number of rotatable bonds is 27. The third-order valence-electron chi connectivity index (χ3n) is 14.8. The van der Waals surface area contributed by atoms with E-state index >= 15 is 8.78 Å².